The third-order valence-electron chi connectivity index (χ3n) is 5.71. The minimum Gasteiger partial charge on any atom is -0.461 e. The molecule has 0 aliphatic carbocycles. The van der Waals surface area contributed by atoms with Gasteiger partial charge in [-0.15, -0.1) is 0 Å². The predicted octanol–water partition coefficient (Wildman–Crippen LogP) is 6.78. The molecule has 4 aromatic rings. The van der Waals surface area contributed by atoms with Crippen LogP contribution in [0.4, 0.5) is 0 Å². The molecule has 0 heterocycles. The highest BCUT2D eigenvalue weighted by Crippen LogP contribution is 2.25. The molecule has 0 aromatic heterocycles. The van der Waals surface area contributed by atoms with Gasteiger partial charge in [-0.25, -0.2) is 4.79 Å². The van der Waals surface area contributed by atoms with Gasteiger partial charge in [-0.1, -0.05) is 103 Å². The van der Waals surface area contributed by atoms with E-state index in [1.165, 1.54) is 0 Å². The number of aryl methyl sites for hydroxylation is 1. The van der Waals surface area contributed by atoms with Crippen LogP contribution >= 0.6 is 0 Å². The van der Waals surface area contributed by atoms with Gasteiger partial charge in [0, 0.05) is 6.42 Å². The average Bonchev–Trinajstić information content (AvgIpc) is 2.92. The molecule has 0 fully saturated rings. The Balaban J connectivity index is 1.42. The molecule has 0 aliphatic rings. The maximum Gasteiger partial charge on any atom is 0.338 e. The molecule has 4 rings (SSSR count). The zero-order valence-corrected chi connectivity index (χ0v) is 19.6. The maximum absolute atomic E-state index is 12.9. The Morgan fingerprint density at radius 2 is 1.17 bits per heavy atom. The minimum atomic E-state index is -0.366. The minimum absolute atomic E-state index is 0.214. The van der Waals surface area contributed by atoms with Gasteiger partial charge in [0.05, 0.1) is 5.56 Å². The highest BCUT2D eigenvalue weighted by atomic mass is 16.5. The Bertz CT molecular complexity index is 1230. The van der Waals surface area contributed by atoms with Crippen LogP contribution in [0.2, 0.25) is 0 Å². The van der Waals surface area contributed by atoms with Crippen molar-refractivity contribution in [1.82, 2.24) is 0 Å². The second kappa shape index (κ2) is 12.3. The number of benzene rings is 4. The molecule has 0 unspecified atom stereocenters. The molecule has 0 radical (unpaired) electrons. The molecule has 0 bridgehead atoms. The monoisotopic (exact) mass is 464 g/mol. The van der Waals surface area contributed by atoms with Crippen LogP contribution in [0.1, 0.15) is 39.9 Å². The fourth-order valence-electron chi connectivity index (χ4n) is 3.84. The molecule has 4 heteroatoms. The Morgan fingerprint density at radius 1 is 0.600 bits per heavy atom. The van der Waals surface area contributed by atoms with E-state index in [2.05, 4.69) is 0 Å². The van der Waals surface area contributed by atoms with Crippen molar-refractivity contribution in [2.45, 2.75) is 32.5 Å². The summed E-state index contributed by atoms with van der Waals surface area (Å²) < 4.78 is 11.0. The van der Waals surface area contributed by atoms with Gasteiger partial charge in [0.1, 0.15) is 13.2 Å². The SMILES string of the molecule is O=C(CCCc1cc(-c2ccccc2)ccc1C(=O)OCc1ccccc1)OCc1ccccc1. The second-order valence-corrected chi connectivity index (χ2v) is 8.30. The Morgan fingerprint density at radius 3 is 1.80 bits per heavy atom. The highest BCUT2D eigenvalue weighted by molar-refractivity contribution is 5.92. The lowest BCUT2D eigenvalue weighted by molar-refractivity contribution is -0.145. The molecule has 0 spiro atoms. The number of hydrogen-bond donors (Lipinski definition) is 0. The Labute approximate surface area is 206 Å². The van der Waals surface area contributed by atoms with Crippen LogP contribution in [0, 0.1) is 0 Å². The van der Waals surface area contributed by atoms with Gasteiger partial charge in [0.15, 0.2) is 0 Å². The van der Waals surface area contributed by atoms with Crippen LogP contribution in [0.5, 0.6) is 0 Å². The first-order valence-electron chi connectivity index (χ1n) is 11.8. The molecule has 0 aliphatic heterocycles. The van der Waals surface area contributed by atoms with Crippen LogP contribution < -0.4 is 0 Å². The maximum atomic E-state index is 12.9. The molecule has 0 N–H and O–H groups in total. The van der Waals surface area contributed by atoms with E-state index in [4.69, 9.17) is 9.47 Å². The van der Waals surface area contributed by atoms with E-state index >= 15 is 0 Å². The van der Waals surface area contributed by atoms with Crippen molar-refractivity contribution in [1.29, 1.82) is 0 Å². The van der Waals surface area contributed by atoms with Gasteiger partial charge in [0.2, 0.25) is 0 Å². The zero-order valence-electron chi connectivity index (χ0n) is 19.6. The first-order valence-corrected chi connectivity index (χ1v) is 11.8. The molecule has 0 amide bonds. The number of rotatable bonds is 10. The lowest BCUT2D eigenvalue weighted by Crippen LogP contribution is -2.10. The van der Waals surface area contributed by atoms with E-state index in [1.54, 1.807) is 0 Å². The number of carbonyl (C=O) groups excluding carboxylic acids is 2. The van der Waals surface area contributed by atoms with E-state index in [1.807, 2.05) is 109 Å². The van der Waals surface area contributed by atoms with Crippen LogP contribution in [-0.4, -0.2) is 11.9 Å². The lowest BCUT2D eigenvalue weighted by atomic mass is 9.96. The van der Waals surface area contributed by atoms with Crippen molar-refractivity contribution in [3.05, 3.63) is 131 Å². The normalized spacial score (nSPS) is 10.5. The highest BCUT2D eigenvalue weighted by Gasteiger charge is 2.15. The smallest absolute Gasteiger partial charge is 0.338 e. The van der Waals surface area contributed by atoms with Crippen molar-refractivity contribution in [2.75, 3.05) is 0 Å². The van der Waals surface area contributed by atoms with E-state index < -0.39 is 0 Å². The van der Waals surface area contributed by atoms with Crippen LogP contribution in [0.15, 0.2) is 109 Å². The largest absolute Gasteiger partial charge is 0.461 e. The van der Waals surface area contributed by atoms with E-state index in [9.17, 15) is 9.59 Å². The van der Waals surface area contributed by atoms with Gasteiger partial charge in [-0.2, -0.15) is 0 Å². The second-order valence-electron chi connectivity index (χ2n) is 8.30. The molecule has 4 aromatic carbocycles. The van der Waals surface area contributed by atoms with E-state index in [0.29, 0.717) is 18.4 Å². The quantitative estimate of drug-likeness (QED) is 0.243. The molecule has 4 nitrogen and oxygen atoms in total. The van der Waals surface area contributed by atoms with Gasteiger partial charge >= 0.3 is 11.9 Å². The molecule has 0 saturated carbocycles. The van der Waals surface area contributed by atoms with Crippen molar-refractivity contribution in [2.24, 2.45) is 0 Å². The summed E-state index contributed by atoms with van der Waals surface area (Å²) in [6.07, 6.45) is 1.42. The fraction of sp³-hybridized carbons (Fsp3) is 0.161. The zero-order chi connectivity index (χ0) is 24.3. The van der Waals surface area contributed by atoms with Gasteiger partial charge in [-0.3, -0.25) is 4.79 Å². The fourth-order valence-corrected chi connectivity index (χ4v) is 3.84. The third kappa shape index (κ3) is 7.15. The predicted molar refractivity (Wildman–Crippen MR) is 137 cm³/mol. The number of ether oxygens (including phenoxy) is 2. The molecule has 0 atom stereocenters. The summed E-state index contributed by atoms with van der Waals surface area (Å²) in [5, 5.41) is 0. The number of hydrogen-bond acceptors (Lipinski definition) is 4. The van der Waals surface area contributed by atoms with Crippen LogP contribution in [0.3, 0.4) is 0 Å². The van der Waals surface area contributed by atoms with Crippen molar-refractivity contribution < 1.29 is 19.1 Å². The summed E-state index contributed by atoms with van der Waals surface area (Å²) in [6.45, 7) is 0.478. The summed E-state index contributed by atoms with van der Waals surface area (Å²) in [4.78, 5) is 25.2. The first kappa shape index (κ1) is 24.0. The van der Waals surface area contributed by atoms with Gasteiger partial charge < -0.3 is 9.47 Å². The molecule has 35 heavy (non-hydrogen) atoms. The third-order valence-corrected chi connectivity index (χ3v) is 5.71. The summed E-state index contributed by atoms with van der Waals surface area (Å²) in [5.74, 6) is -0.614. The lowest BCUT2D eigenvalue weighted by Gasteiger charge is -2.12. The van der Waals surface area contributed by atoms with Gasteiger partial charge in [-0.05, 0) is 46.7 Å². The van der Waals surface area contributed by atoms with Crippen molar-refractivity contribution >= 4 is 11.9 Å². The van der Waals surface area contributed by atoms with Crippen molar-refractivity contribution in [3.63, 3.8) is 0 Å². The van der Waals surface area contributed by atoms with E-state index in [0.717, 1.165) is 27.8 Å². The number of esters is 2. The van der Waals surface area contributed by atoms with Crippen molar-refractivity contribution in [3.8, 4) is 11.1 Å². The summed E-state index contributed by atoms with van der Waals surface area (Å²) in [7, 11) is 0. The molecule has 176 valence electrons. The van der Waals surface area contributed by atoms with Crippen LogP contribution in [0.25, 0.3) is 11.1 Å². The van der Waals surface area contributed by atoms with Crippen LogP contribution in [-0.2, 0) is 33.9 Å². The molecular weight excluding hydrogens is 436 g/mol. The first-order chi connectivity index (χ1) is 17.2. The standard InChI is InChI=1S/C31H28O4/c32-30(34-22-24-11-4-1-5-12-24)18-10-17-28-21-27(26-15-8-3-9-16-26)19-20-29(28)31(33)35-23-25-13-6-2-7-14-25/h1-9,11-16,19-21H,10,17-18,22-23H2. The van der Waals surface area contributed by atoms with Gasteiger partial charge in [0.25, 0.3) is 0 Å². The Hall–Kier alpha value is -4.18. The molecular formula is C31H28O4. The summed E-state index contributed by atoms with van der Waals surface area (Å²) in [6, 6.07) is 35.0. The Kier molecular flexibility index (Phi) is 8.44. The summed E-state index contributed by atoms with van der Waals surface area (Å²) >= 11 is 0. The number of carbonyl (C=O) groups is 2. The molecule has 0 saturated heterocycles. The topological polar surface area (TPSA) is 52.6 Å². The van der Waals surface area contributed by atoms with E-state index in [-0.39, 0.29) is 31.6 Å². The average molecular weight is 465 g/mol. The summed E-state index contributed by atoms with van der Waals surface area (Å²) in [5.41, 5.74) is 5.37.